The quantitative estimate of drug-likeness (QED) is 0.0852. The molecule has 228 valence electrons. The molecule has 0 unspecified atom stereocenters. The number of methoxy groups -OCH3 is 1. The molecule has 3 N–H and O–H groups in total. The summed E-state index contributed by atoms with van der Waals surface area (Å²) in [4.78, 5) is 38.8. The number of nitro groups is 1. The predicted molar refractivity (Wildman–Crippen MR) is 151 cm³/mol. The summed E-state index contributed by atoms with van der Waals surface area (Å²) in [6.07, 6.45) is 1.35. The average Bonchev–Trinajstić information content (AvgIpc) is 3.63. The number of benzene rings is 2. The lowest BCUT2D eigenvalue weighted by Crippen LogP contribution is -2.36. The van der Waals surface area contributed by atoms with Crippen LogP contribution in [0.4, 0.5) is 11.5 Å². The predicted octanol–water partition coefficient (Wildman–Crippen LogP) is 1.27. The highest BCUT2D eigenvalue weighted by atomic mass is 16.6. The van der Waals surface area contributed by atoms with E-state index in [1.807, 2.05) is 0 Å². The Hall–Kier alpha value is -5.75. The molecule has 18 nitrogen and oxygen atoms in total. The molecule has 1 saturated heterocycles. The smallest absolute Gasteiger partial charge is 0.344 e. The first kappa shape index (κ1) is 29.7. The Morgan fingerprint density at radius 3 is 2.70 bits per heavy atom. The second kappa shape index (κ2) is 13.0. The van der Waals surface area contributed by atoms with Crippen LogP contribution in [0.5, 0.6) is 11.5 Å². The van der Waals surface area contributed by atoms with Gasteiger partial charge < -0.3 is 19.9 Å². The second-order valence-electron chi connectivity index (χ2n) is 9.36. The van der Waals surface area contributed by atoms with Crippen LogP contribution in [-0.4, -0.2) is 86.6 Å². The summed E-state index contributed by atoms with van der Waals surface area (Å²) in [7, 11) is 1.38. The number of morpholine rings is 1. The Morgan fingerprint density at radius 2 is 2.00 bits per heavy atom. The van der Waals surface area contributed by atoms with Crippen LogP contribution >= 0.6 is 0 Å². The Labute approximate surface area is 248 Å². The fourth-order valence-electron chi connectivity index (χ4n) is 4.37. The van der Waals surface area contributed by atoms with Crippen LogP contribution < -0.4 is 20.6 Å². The highest BCUT2D eigenvalue weighted by Gasteiger charge is 2.27. The molecule has 18 heteroatoms. The van der Waals surface area contributed by atoms with Gasteiger partial charge in [0.15, 0.2) is 17.2 Å². The third-order valence-electron chi connectivity index (χ3n) is 6.62. The monoisotopic (exact) mass is 606 g/mol. The third-order valence-corrected chi connectivity index (χ3v) is 6.62. The van der Waals surface area contributed by atoms with Crippen molar-refractivity contribution in [3.8, 4) is 17.3 Å². The number of rotatable bonds is 10. The molecule has 1 amide bonds. The van der Waals surface area contributed by atoms with Crippen LogP contribution in [0.2, 0.25) is 0 Å². The minimum atomic E-state index is -0.792. The number of anilines is 1. The Morgan fingerprint density at radius 1 is 1.20 bits per heavy atom. The van der Waals surface area contributed by atoms with E-state index in [2.05, 4.69) is 40.7 Å². The standard InChI is InChI=1S/C26H26N10O8/c1-15-17(4-3-5-19(15)36(39)40)26(38)43-20-7-6-16(12-21(20)41-2)13-28-30-25(37)22-18(14-34-8-10-42-11-9-34)29-33-35(22)24-23(27)31-44-32-24/h3-7,12-13H,8-11,14H2,1-2H3,(H2,27,31)(H,30,37)/b28-13-. The van der Waals surface area contributed by atoms with Gasteiger partial charge in [0, 0.05) is 31.3 Å². The van der Waals surface area contributed by atoms with Gasteiger partial charge in [0.05, 0.1) is 37.0 Å². The molecule has 5 rings (SSSR count). The number of hydrogen-bond donors (Lipinski definition) is 2. The van der Waals surface area contributed by atoms with Crippen LogP contribution in [0.25, 0.3) is 5.82 Å². The summed E-state index contributed by atoms with van der Waals surface area (Å²) in [6.45, 7) is 4.18. The second-order valence-corrected chi connectivity index (χ2v) is 9.36. The SMILES string of the molecule is COc1cc(/C=N\NC(=O)c2c(CN3CCOCC3)nnn2-c2nonc2N)ccc1OC(=O)c1cccc([N+](=O)[O-])c1C. The number of hydrogen-bond acceptors (Lipinski definition) is 15. The van der Waals surface area contributed by atoms with Crippen molar-refractivity contribution in [1.82, 2.24) is 35.6 Å². The minimum absolute atomic E-state index is 0.00460. The molecular weight excluding hydrogens is 580 g/mol. The number of carbonyl (C=O) groups is 2. The normalized spacial score (nSPS) is 13.6. The Kier molecular flexibility index (Phi) is 8.82. The van der Waals surface area contributed by atoms with E-state index in [0.717, 1.165) is 4.68 Å². The lowest BCUT2D eigenvalue weighted by molar-refractivity contribution is -0.385. The van der Waals surface area contributed by atoms with E-state index in [9.17, 15) is 19.7 Å². The van der Waals surface area contributed by atoms with E-state index < -0.39 is 16.8 Å². The Balaban J connectivity index is 1.32. The maximum atomic E-state index is 13.3. The fraction of sp³-hybridized carbons (Fsp3) is 0.269. The number of carbonyl (C=O) groups excluding carboxylic acids is 2. The number of nitrogen functional groups attached to an aromatic ring is 1. The van der Waals surface area contributed by atoms with Gasteiger partial charge in [-0.1, -0.05) is 11.3 Å². The van der Waals surface area contributed by atoms with Crippen molar-refractivity contribution in [2.75, 3.05) is 39.1 Å². The summed E-state index contributed by atoms with van der Waals surface area (Å²) in [5.74, 6) is -1.28. The van der Waals surface area contributed by atoms with E-state index in [0.29, 0.717) is 44.1 Å². The first-order valence-electron chi connectivity index (χ1n) is 13.1. The lowest BCUT2D eigenvalue weighted by atomic mass is 10.1. The largest absolute Gasteiger partial charge is 0.493 e. The molecular formula is C26H26N10O8. The zero-order chi connectivity index (χ0) is 31.2. The molecule has 0 bridgehead atoms. The van der Waals surface area contributed by atoms with Crippen LogP contribution in [0.15, 0.2) is 46.1 Å². The molecule has 4 aromatic rings. The Bertz CT molecular complexity index is 1730. The molecule has 0 radical (unpaired) electrons. The van der Waals surface area contributed by atoms with E-state index in [1.165, 1.54) is 50.6 Å². The summed E-state index contributed by atoms with van der Waals surface area (Å²) >= 11 is 0. The minimum Gasteiger partial charge on any atom is -0.493 e. The highest BCUT2D eigenvalue weighted by Crippen LogP contribution is 2.30. The molecule has 1 fully saturated rings. The number of aromatic nitrogens is 5. The van der Waals surface area contributed by atoms with Crippen molar-refractivity contribution in [3.05, 3.63) is 74.6 Å². The van der Waals surface area contributed by atoms with Gasteiger partial charge in [-0.05, 0) is 47.1 Å². The molecule has 1 aliphatic heterocycles. The van der Waals surface area contributed by atoms with Gasteiger partial charge in [0.1, 0.15) is 5.69 Å². The molecule has 0 saturated carbocycles. The number of nitrogens with zero attached hydrogens (tertiary/aromatic N) is 8. The van der Waals surface area contributed by atoms with Crippen molar-refractivity contribution in [2.24, 2.45) is 5.10 Å². The number of hydrazone groups is 1. The van der Waals surface area contributed by atoms with E-state index in [1.54, 1.807) is 6.07 Å². The van der Waals surface area contributed by atoms with Crippen molar-refractivity contribution >= 4 is 29.6 Å². The van der Waals surface area contributed by atoms with E-state index >= 15 is 0 Å². The van der Waals surface area contributed by atoms with Gasteiger partial charge in [-0.25, -0.2) is 14.8 Å². The van der Waals surface area contributed by atoms with Gasteiger partial charge in [-0.2, -0.15) is 9.78 Å². The zero-order valence-electron chi connectivity index (χ0n) is 23.5. The maximum Gasteiger partial charge on any atom is 0.344 e. The molecule has 44 heavy (non-hydrogen) atoms. The fourth-order valence-corrected chi connectivity index (χ4v) is 4.37. The number of nitro benzene ring substituents is 1. The summed E-state index contributed by atoms with van der Waals surface area (Å²) in [5, 5.41) is 30.7. The van der Waals surface area contributed by atoms with Gasteiger partial charge in [-0.3, -0.25) is 19.8 Å². The number of esters is 1. The van der Waals surface area contributed by atoms with Gasteiger partial charge in [0.25, 0.3) is 11.6 Å². The highest BCUT2D eigenvalue weighted by molar-refractivity contribution is 5.95. The topological polar surface area (TPSA) is 228 Å². The number of ether oxygens (including phenoxy) is 3. The first-order valence-corrected chi connectivity index (χ1v) is 13.1. The van der Waals surface area contributed by atoms with Crippen molar-refractivity contribution < 1.29 is 33.4 Å². The van der Waals surface area contributed by atoms with Crippen molar-refractivity contribution in [1.29, 1.82) is 0 Å². The van der Waals surface area contributed by atoms with Crippen molar-refractivity contribution in [2.45, 2.75) is 13.5 Å². The van der Waals surface area contributed by atoms with E-state index in [4.69, 9.17) is 19.9 Å². The van der Waals surface area contributed by atoms with Crippen LogP contribution in [0.3, 0.4) is 0 Å². The number of nitrogens with one attached hydrogen (secondary N) is 1. The van der Waals surface area contributed by atoms with Gasteiger partial charge in [0.2, 0.25) is 11.6 Å². The molecule has 3 heterocycles. The van der Waals surface area contributed by atoms with Crippen LogP contribution in [0.1, 0.15) is 37.7 Å². The molecule has 0 atom stereocenters. The van der Waals surface area contributed by atoms with Gasteiger partial charge >= 0.3 is 5.97 Å². The molecule has 0 aliphatic carbocycles. The summed E-state index contributed by atoms with van der Waals surface area (Å²) in [6, 6.07) is 8.69. The summed E-state index contributed by atoms with van der Waals surface area (Å²) in [5.41, 5.74) is 9.16. The molecule has 0 spiro atoms. The maximum absolute atomic E-state index is 13.3. The average molecular weight is 607 g/mol. The van der Waals surface area contributed by atoms with Crippen LogP contribution in [0, 0.1) is 17.0 Å². The summed E-state index contributed by atoms with van der Waals surface area (Å²) < 4.78 is 22.0. The molecule has 1 aliphatic rings. The third kappa shape index (κ3) is 6.35. The lowest BCUT2D eigenvalue weighted by Gasteiger charge is -2.25. The van der Waals surface area contributed by atoms with Gasteiger partial charge in [-0.15, -0.1) is 5.10 Å². The van der Waals surface area contributed by atoms with Crippen molar-refractivity contribution in [3.63, 3.8) is 0 Å². The molecule has 2 aromatic carbocycles. The first-order chi connectivity index (χ1) is 21.3. The number of nitrogens with two attached hydrogens (primary N) is 1. The van der Waals surface area contributed by atoms with Crippen LogP contribution in [-0.2, 0) is 11.3 Å². The van der Waals surface area contributed by atoms with E-state index in [-0.39, 0.29) is 45.6 Å². The molecule has 2 aromatic heterocycles. The zero-order valence-corrected chi connectivity index (χ0v) is 23.5. The number of amides is 1.